The van der Waals surface area contributed by atoms with Gasteiger partial charge in [-0.3, -0.25) is 72.3 Å². The summed E-state index contributed by atoms with van der Waals surface area (Å²) < 4.78 is 0. The Kier molecular flexibility index (Phi) is 40.3. The quantitative estimate of drug-likeness (QED) is 0.0164. The van der Waals surface area contributed by atoms with Crippen LogP contribution in [0.5, 0.6) is 5.75 Å². The number of nitrogens with zero attached hydrogens (tertiary/aromatic N) is 2. The third kappa shape index (κ3) is 35.7. The number of nitrogens with one attached hydrogen (secondary N) is 10. The van der Waals surface area contributed by atoms with E-state index in [2.05, 4.69) is 63.2 Å². The molecule has 1 rings (SSSR count). The fraction of sp³-hybridized carbons (Fsp3) is 0.650. The number of aliphatic hydroxyl groups is 1. The van der Waals surface area contributed by atoms with Crippen molar-refractivity contribution in [2.24, 2.45) is 73.4 Å². The summed E-state index contributed by atoms with van der Waals surface area (Å²) in [7, 11) is 0. The molecule has 540 valence electrons. The second kappa shape index (κ2) is 45.8. The van der Waals surface area contributed by atoms with Gasteiger partial charge in [0.25, 0.3) is 0 Å². The van der Waals surface area contributed by atoms with Gasteiger partial charge in [-0.2, -0.15) is 0 Å². The number of benzene rings is 1. The number of hydrogen-bond acceptors (Lipinski definition) is 19. The lowest BCUT2D eigenvalue weighted by atomic mass is 9.99. The first-order valence-electron chi connectivity index (χ1n) is 32.0. The van der Waals surface area contributed by atoms with Crippen LogP contribution in [0.3, 0.4) is 0 Å². The molecule has 96 heavy (non-hydrogen) atoms. The average molecular weight is 1360 g/mol. The minimum absolute atomic E-state index is 0.0119. The number of aromatic hydroxyl groups is 1. The number of carbonyl (C=O) groups excluding carboxylic acids is 13. The highest BCUT2D eigenvalue weighted by atomic mass is 16.3. The second-order valence-electron chi connectivity index (χ2n) is 24.0. The standard InChI is InChI=1S/C60H105N21O15/c1-32(2)28-43(56(94)74-39(13-7-9-25-62)53(91)81-46(31-82)49(65)87)79-57(95)44(29-33(3)4)78-52(90)38(12-6-8-24-61)73-51(89)40(15-11-27-71-60(68)69)75-58(96)45(30-35-16-18-36(84)19-17-35)80-55(93)42(21-23-48(64)86)77-54(92)41(20-22-47(63)85)76-50(88)37(72-34(5)83)14-10-26-70-59(66)67/h16-19,32-33,37-46,82,84H,6-15,20-31,61-62H2,1-5H3,(H2,63,85)(H2,64,86)(H2,65,87)(H,72,83)(H,73,89)(H,74,94)(H,75,96)(H,76,88)(H,77,92)(H,78,90)(H,79,95)(H,80,93)(H,81,91)(H4,66,67,70)(H4,68,69,71)/t37-,38-,39-,40-,41-,42-,43-,44-,45-,46-/m0/s1. The lowest BCUT2D eigenvalue weighted by Gasteiger charge is -2.29. The highest BCUT2D eigenvalue weighted by molar-refractivity contribution is 5.99. The van der Waals surface area contributed by atoms with E-state index < -0.39 is 170 Å². The molecule has 0 aromatic heterocycles. The van der Waals surface area contributed by atoms with Crippen molar-refractivity contribution < 1.29 is 72.5 Å². The molecule has 0 aliphatic heterocycles. The first kappa shape index (κ1) is 84.6. The zero-order valence-electron chi connectivity index (χ0n) is 55.6. The maximum atomic E-state index is 14.8. The lowest BCUT2D eigenvalue weighted by molar-refractivity contribution is -0.136. The Hall–Kier alpha value is -9.45. The smallest absolute Gasteiger partial charge is 0.243 e. The van der Waals surface area contributed by atoms with Crippen LogP contribution in [0.15, 0.2) is 34.3 Å². The van der Waals surface area contributed by atoms with E-state index in [9.17, 15) is 72.5 Å². The minimum Gasteiger partial charge on any atom is -0.508 e. The van der Waals surface area contributed by atoms with Crippen LogP contribution in [-0.2, 0) is 68.7 Å². The largest absolute Gasteiger partial charge is 0.508 e. The number of carbonyl (C=O) groups is 13. The number of nitrogens with two attached hydrogens (primary N) is 9. The van der Waals surface area contributed by atoms with E-state index in [-0.39, 0.29) is 120 Å². The SMILES string of the molecule is CC(=O)N[C@@H](CCCN=C(N)N)C(=O)N[C@@H](CCC(N)=O)C(=O)N[C@@H](CCC(N)=O)C(=O)N[C@@H](Cc1ccc(O)cc1)C(=O)N[C@@H](CCCN=C(N)N)C(=O)N[C@@H](CCCCN)C(=O)N[C@@H](CC(C)C)C(=O)N[C@@H](CC(C)C)C(=O)N[C@@H](CCCCN)C(=O)N[C@@H](CO)C(N)=O. The summed E-state index contributed by atoms with van der Waals surface area (Å²) in [6.07, 6.45) is -0.713. The van der Waals surface area contributed by atoms with Crippen LogP contribution in [-0.4, -0.2) is 192 Å². The number of hydrogen-bond donors (Lipinski definition) is 21. The Bertz CT molecular complexity index is 2780. The van der Waals surface area contributed by atoms with Crippen LogP contribution >= 0.6 is 0 Å². The van der Waals surface area contributed by atoms with Crippen LogP contribution in [0.1, 0.15) is 143 Å². The second-order valence-corrected chi connectivity index (χ2v) is 24.0. The van der Waals surface area contributed by atoms with Crippen molar-refractivity contribution in [3.8, 4) is 5.75 Å². The Morgan fingerprint density at radius 2 is 0.688 bits per heavy atom. The zero-order valence-corrected chi connectivity index (χ0v) is 55.6. The number of aliphatic imine (C=N–C) groups is 2. The average Bonchev–Trinajstić information content (AvgIpc) is 0.915. The van der Waals surface area contributed by atoms with Crippen molar-refractivity contribution in [2.75, 3.05) is 32.8 Å². The molecule has 1 aromatic rings. The number of unbranched alkanes of at least 4 members (excludes halogenated alkanes) is 2. The molecule has 36 nitrogen and oxygen atoms in total. The van der Waals surface area contributed by atoms with Crippen molar-refractivity contribution >= 4 is 88.7 Å². The zero-order chi connectivity index (χ0) is 72.6. The van der Waals surface area contributed by atoms with E-state index in [1.54, 1.807) is 27.7 Å². The number of rotatable bonds is 49. The number of primary amides is 3. The van der Waals surface area contributed by atoms with E-state index in [0.717, 1.165) is 6.92 Å². The predicted octanol–water partition coefficient (Wildman–Crippen LogP) is -6.73. The maximum Gasteiger partial charge on any atom is 0.243 e. The number of guanidine groups is 2. The molecule has 0 bridgehead atoms. The van der Waals surface area contributed by atoms with Crippen molar-refractivity contribution in [3.63, 3.8) is 0 Å². The van der Waals surface area contributed by atoms with Gasteiger partial charge in [0.2, 0.25) is 76.8 Å². The molecule has 0 radical (unpaired) electrons. The van der Waals surface area contributed by atoms with E-state index in [1.807, 2.05) is 0 Å². The van der Waals surface area contributed by atoms with Gasteiger partial charge in [0.1, 0.15) is 66.2 Å². The summed E-state index contributed by atoms with van der Waals surface area (Å²) in [6, 6.07) is -9.05. The Morgan fingerprint density at radius 3 is 0.990 bits per heavy atom. The molecule has 0 heterocycles. The highest BCUT2D eigenvalue weighted by Crippen LogP contribution is 2.16. The summed E-state index contributed by atoms with van der Waals surface area (Å²) in [6.45, 7) is 7.90. The molecular weight excluding hydrogens is 1250 g/mol. The number of amides is 13. The van der Waals surface area contributed by atoms with Gasteiger partial charge in [0.05, 0.1) is 6.61 Å². The number of aliphatic hydroxyl groups excluding tert-OH is 1. The van der Waals surface area contributed by atoms with Crippen LogP contribution in [0.4, 0.5) is 0 Å². The fourth-order valence-electron chi connectivity index (χ4n) is 9.56. The van der Waals surface area contributed by atoms with Gasteiger partial charge in [-0.15, -0.1) is 0 Å². The predicted molar refractivity (Wildman–Crippen MR) is 354 cm³/mol. The molecule has 10 atom stereocenters. The highest BCUT2D eigenvalue weighted by Gasteiger charge is 2.37. The van der Waals surface area contributed by atoms with E-state index in [4.69, 9.17) is 51.6 Å². The van der Waals surface area contributed by atoms with Crippen molar-refractivity contribution in [1.29, 1.82) is 0 Å². The molecule has 0 aliphatic carbocycles. The summed E-state index contributed by atoms with van der Waals surface area (Å²) in [4.78, 5) is 184. The van der Waals surface area contributed by atoms with E-state index in [0.29, 0.717) is 24.8 Å². The molecule has 13 amide bonds. The van der Waals surface area contributed by atoms with Crippen LogP contribution < -0.4 is 105 Å². The number of phenols is 1. The third-order valence-electron chi connectivity index (χ3n) is 14.5. The van der Waals surface area contributed by atoms with Crippen molar-refractivity contribution in [1.82, 2.24) is 53.2 Å². The third-order valence-corrected chi connectivity index (χ3v) is 14.5. The van der Waals surface area contributed by atoms with Gasteiger partial charge in [-0.25, -0.2) is 0 Å². The lowest BCUT2D eigenvalue weighted by Crippen LogP contribution is -2.61. The van der Waals surface area contributed by atoms with Gasteiger partial charge in [-0.05, 0) is 133 Å². The summed E-state index contributed by atoms with van der Waals surface area (Å²) in [5, 5.41) is 45.5. The first-order chi connectivity index (χ1) is 45.2. The fourth-order valence-corrected chi connectivity index (χ4v) is 9.56. The number of phenolic OH excluding ortho intramolecular Hbond substituents is 1. The van der Waals surface area contributed by atoms with E-state index >= 15 is 0 Å². The van der Waals surface area contributed by atoms with Gasteiger partial charge >= 0.3 is 0 Å². The topological polar surface area (TPSA) is 642 Å². The summed E-state index contributed by atoms with van der Waals surface area (Å²) in [5.41, 5.74) is 50.1. The molecule has 0 spiro atoms. The van der Waals surface area contributed by atoms with Gasteiger partial charge in [-0.1, -0.05) is 39.8 Å². The monoisotopic (exact) mass is 1360 g/mol. The Morgan fingerprint density at radius 1 is 0.396 bits per heavy atom. The minimum atomic E-state index is -1.70. The Labute approximate surface area is 558 Å². The first-order valence-corrected chi connectivity index (χ1v) is 32.0. The molecule has 0 fully saturated rings. The van der Waals surface area contributed by atoms with Crippen LogP contribution in [0.25, 0.3) is 0 Å². The van der Waals surface area contributed by atoms with Crippen molar-refractivity contribution in [2.45, 2.75) is 204 Å². The normalized spacial score (nSPS) is 14.1. The van der Waals surface area contributed by atoms with E-state index in [1.165, 1.54) is 24.3 Å². The maximum absolute atomic E-state index is 14.8. The summed E-state index contributed by atoms with van der Waals surface area (Å²) in [5.74, 6) is -12.9. The van der Waals surface area contributed by atoms with Crippen LogP contribution in [0, 0.1) is 11.8 Å². The Balaban J connectivity index is 3.87. The molecule has 30 N–H and O–H groups in total. The van der Waals surface area contributed by atoms with Gasteiger partial charge in [0, 0.05) is 39.3 Å². The molecule has 0 saturated carbocycles. The molecule has 0 unspecified atom stereocenters. The van der Waals surface area contributed by atoms with Crippen molar-refractivity contribution in [3.05, 3.63) is 29.8 Å². The summed E-state index contributed by atoms with van der Waals surface area (Å²) >= 11 is 0. The molecular formula is C60H105N21O15. The van der Waals surface area contributed by atoms with Crippen LogP contribution in [0.2, 0.25) is 0 Å². The molecule has 0 aliphatic rings. The molecule has 1 aromatic carbocycles. The molecule has 0 saturated heterocycles. The van der Waals surface area contributed by atoms with Gasteiger partial charge < -0.3 is 115 Å². The van der Waals surface area contributed by atoms with Gasteiger partial charge in [0.15, 0.2) is 11.9 Å². The molecule has 36 heteroatoms.